The van der Waals surface area contributed by atoms with Crippen molar-refractivity contribution in [1.29, 1.82) is 0 Å². The molecule has 0 unspecified atom stereocenters. The van der Waals surface area contributed by atoms with Crippen LogP contribution in [0.3, 0.4) is 0 Å². The second-order valence-electron chi connectivity index (χ2n) is 2.22. The summed E-state index contributed by atoms with van der Waals surface area (Å²) in [4.78, 5) is 10.7. The van der Waals surface area contributed by atoms with Gasteiger partial charge in [0.05, 0.1) is 6.61 Å². The number of rotatable bonds is 6. The van der Waals surface area contributed by atoms with Crippen LogP contribution < -0.4 is 5.32 Å². The number of carbonyl (C=O) groups is 1. The maximum Gasteiger partial charge on any atom is 0.407 e. The van der Waals surface area contributed by atoms with Crippen LogP contribution in [0.25, 0.3) is 0 Å². The fourth-order valence-electron chi connectivity index (χ4n) is 0.550. The van der Waals surface area contributed by atoms with E-state index >= 15 is 0 Å². The number of amides is 1. The minimum absolute atomic E-state index is 0.0178. The van der Waals surface area contributed by atoms with Crippen molar-refractivity contribution in [3.05, 3.63) is 0 Å². The molecule has 0 heterocycles. The molecule has 1 amide bonds. The van der Waals surface area contributed by atoms with Gasteiger partial charge in [-0.1, -0.05) is 0 Å². The van der Waals surface area contributed by atoms with Crippen molar-refractivity contribution in [3.63, 3.8) is 0 Å². The normalized spacial score (nSPS) is 9.50. The van der Waals surface area contributed by atoms with Gasteiger partial charge in [-0.2, -0.15) is 0 Å². The molecule has 0 aliphatic heterocycles. The molecule has 0 saturated heterocycles. The van der Waals surface area contributed by atoms with Crippen molar-refractivity contribution in [3.8, 4) is 0 Å². The average Bonchev–Trinajstić information content (AvgIpc) is 2.06. The Bertz CT molecular complexity index is 106. The molecule has 0 spiro atoms. The van der Waals surface area contributed by atoms with E-state index in [1.165, 1.54) is 0 Å². The van der Waals surface area contributed by atoms with Gasteiger partial charge < -0.3 is 20.3 Å². The molecule has 0 saturated carbocycles. The number of alkyl carbamates (subject to hydrolysis) is 1. The van der Waals surface area contributed by atoms with Gasteiger partial charge in [-0.25, -0.2) is 4.79 Å². The molecule has 0 atom stereocenters. The van der Waals surface area contributed by atoms with E-state index in [2.05, 4.69) is 10.1 Å². The standard InChI is InChI=1S/C7H15NO4/c9-4-1-3-8-7(11)12-6-2-5-10/h9-10H,1-6H2,(H,8,11). The molecule has 0 aliphatic carbocycles. The summed E-state index contributed by atoms with van der Waals surface area (Å²) in [5.41, 5.74) is 0. The van der Waals surface area contributed by atoms with Crippen molar-refractivity contribution in [2.75, 3.05) is 26.4 Å². The van der Waals surface area contributed by atoms with Crippen LogP contribution in [-0.4, -0.2) is 42.7 Å². The first-order valence-electron chi connectivity index (χ1n) is 3.93. The first-order chi connectivity index (χ1) is 5.81. The fourth-order valence-corrected chi connectivity index (χ4v) is 0.550. The van der Waals surface area contributed by atoms with E-state index in [4.69, 9.17) is 10.2 Å². The molecule has 0 rings (SSSR count). The molecule has 0 aromatic rings. The first kappa shape index (κ1) is 11.2. The predicted octanol–water partition coefficient (Wildman–Crippen LogP) is -0.523. The van der Waals surface area contributed by atoms with Crippen molar-refractivity contribution in [2.45, 2.75) is 12.8 Å². The Kier molecular flexibility index (Phi) is 7.73. The van der Waals surface area contributed by atoms with Crippen LogP contribution in [0.1, 0.15) is 12.8 Å². The molecule has 0 aromatic heterocycles. The van der Waals surface area contributed by atoms with Gasteiger partial charge in [-0.05, 0) is 6.42 Å². The van der Waals surface area contributed by atoms with Gasteiger partial charge in [0.25, 0.3) is 0 Å². The van der Waals surface area contributed by atoms with Crippen molar-refractivity contribution in [2.24, 2.45) is 0 Å². The molecule has 0 aromatic carbocycles. The topological polar surface area (TPSA) is 78.8 Å². The third-order valence-electron chi connectivity index (χ3n) is 1.14. The fraction of sp³-hybridized carbons (Fsp3) is 0.857. The zero-order chi connectivity index (χ0) is 9.23. The molecular weight excluding hydrogens is 162 g/mol. The summed E-state index contributed by atoms with van der Waals surface area (Å²) in [6, 6.07) is 0. The number of hydrogen-bond donors (Lipinski definition) is 3. The van der Waals surface area contributed by atoms with Gasteiger partial charge in [-0.15, -0.1) is 0 Å². The van der Waals surface area contributed by atoms with E-state index in [1.807, 2.05) is 0 Å². The number of aliphatic hydroxyl groups excluding tert-OH is 2. The second-order valence-corrected chi connectivity index (χ2v) is 2.22. The molecule has 5 nitrogen and oxygen atoms in total. The molecule has 0 bridgehead atoms. The Hall–Kier alpha value is -0.810. The van der Waals surface area contributed by atoms with Crippen LogP contribution in [-0.2, 0) is 4.74 Å². The Balaban J connectivity index is 3.10. The van der Waals surface area contributed by atoms with Crippen LogP contribution in [0.4, 0.5) is 4.79 Å². The monoisotopic (exact) mass is 177 g/mol. The van der Waals surface area contributed by atoms with E-state index < -0.39 is 6.09 Å². The second kappa shape index (κ2) is 8.29. The molecule has 3 N–H and O–H groups in total. The zero-order valence-electron chi connectivity index (χ0n) is 6.95. The van der Waals surface area contributed by atoms with E-state index in [0.717, 1.165) is 0 Å². The van der Waals surface area contributed by atoms with Crippen LogP contribution >= 0.6 is 0 Å². The van der Waals surface area contributed by atoms with Crippen molar-refractivity contribution < 1.29 is 19.7 Å². The predicted molar refractivity (Wildman–Crippen MR) is 42.8 cm³/mol. The van der Waals surface area contributed by atoms with Crippen molar-refractivity contribution >= 4 is 6.09 Å². The summed E-state index contributed by atoms with van der Waals surface area (Å²) in [7, 11) is 0. The summed E-state index contributed by atoms with van der Waals surface area (Å²) in [5, 5.41) is 19.2. The quantitative estimate of drug-likeness (QED) is 0.477. The van der Waals surface area contributed by atoms with Gasteiger partial charge >= 0.3 is 6.09 Å². The molecule has 0 fully saturated rings. The lowest BCUT2D eigenvalue weighted by Gasteiger charge is -2.04. The number of hydrogen-bond acceptors (Lipinski definition) is 4. The summed E-state index contributed by atoms with van der Waals surface area (Å²) in [6.07, 6.45) is 0.472. The van der Waals surface area contributed by atoms with Crippen LogP contribution in [0.5, 0.6) is 0 Å². The highest BCUT2D eigenvalue weighted by Crippen LogP contribution is 1.82. The number of aliphatic hydroxyl groups is 2. The van der Waals surface area contributed by atoms with E-state index in [0.29, 0.717) is 19.4 Å². The number of ether oxygens (including phenoxy) is 1. The van der Waals surface area contributed by atoms with Crippen LogP contribution in [0.2, 0.25) is 0 Å². The molecule has 0 radical (unpaired) electrons. The minimum Gasteiger partial charge on any atom is -0.449 e. The van der Waals surface area contributed by atoms with Gasteiger partial charge in [0.15, 0.2) is 0 Å². The lowest BCUT2D eigenvalue weighted by atomic mass is 10.4. The van der Waals surface area contributed by atoms with E-state index in [1.54, 1.807) is 0 Å². The lowest BCUT2D eigenvalue weighted by molar-refractivity contribution is 0.135. The van der Waals surface area contributed by atoms with Crippen LogP contribution in [0, 0.1) is 0 Å². The van der Waals surface area contributed by atoms with Gasteiger partial charge in [0.1, 0.15) is 0 Å². The lowest BCUT2D eigenvalue weighted by Crippen LogP contribution is -2.26. The zero-order valence-corrected chi connectivity index (χ0v) is 6.95. The summed E-state index contributed by atoms with van der Waals surface area (Å²) in [6.45, 7) is 0.705. The molecule has 5 heteroatoms. The SMILES string of the molecule is O=C(NCCCO)OCCCO. The van der Waals surface area contributed by atoms with Gasteiger partial charge in [-0.3, -0.25) is 0 Å². The molecule has 0 aliphatic rings. The van der Waals surface area contributed by atoms with Crippen LogP contribution in [0.15, 0.2) is 0 Å². The highest BCUT2D eigenvalue weighted by molar-refractivity contribution is 5.66. The molecular formula is C7H15NO4. The number of carbonyl (C=O) groups excluding carboxylic acids is 1. The Morgan fingerprint density at radius 2 is 1.92 bits per heavy atom. The Morgan fingerprint density at radius 1 is 1.25 bits per heavy atom. The van der Waals surface area contributed by atoms with E-state index in [9.17, 15) is 4.79 Å². The summed E-state index contributed by atoms with van der Waals surface area (Å²) < 4.78 is 4.64. The summed E-state index contributed by atoms with van der Waals surface area (Å²) >= 11 is 0. The first-order valence-corrected chi connectivity index (χ1v) is 3.93. The minimum atomic E-state index is -0.503. The van der Waals surface area contributed by atoms with Gasteiger partial charge in [0.2, 0.25) is 0 Å². The summed E-state index contributed by atoms with van der Waals surface area (Å²) in [5.74, 6) is 0. The third-order valence-corrected chi connectivity index (χ3v) is 1.14. The molecule has 72 valence electrons. The number of nitrogens with one attached hydrogen (secondary N) is 1. The highest BCUT2D eigenvalue weighted by atomic mass is 16.5. The maximum absolute atomic E-state index is 10.7. The largest absolute Gasteiger partial charge is 0.449 e. The van der Waals surface area contributed by atoms with E-state index in [-0.39, 0.29) is 19.8 Å². The highest BCUT2D eigenvalue weighted by Gasteiger charge is 1.98. The smallest absolute Gasteiger partial charge is 0.407 e. The average molecular weight is 177 g/mol. The Labute approximate surface area is 71.3 Å². The van der Waals surface area contributed by atoms with Gasteiger partial charge in [0, 0.05) is 26.2 Å². The Morgan fingerprint density at radius 3 is 2.50 bits per heavy atom. The van der Waals surface area contributed by atoms with Crippen molar-refractivity contribution in [1.82, 2.24) is 5.32 Å². The maximum atomic E-state index is 10.7. The molecule has 12 heavy (non-hydrogen) atoms. The third kappa shape index (κ3) is 7.30.